The number of rotatable bonds is 6. The Kier molecular flexibility index (Phi) is 5.13. The monoisotopic (exact) mass is 438 g/mol. The minimum absolute atomic E-state index is 0.00242. The summed E-state index contributed by atoms with van der Waals surface area (Å²) < 4.78 is 24.9. The number of aromatic nitrogens is 6. The highest BCUT2D eigenvalue weighted by molar-refractivity contribution is 7.51. The zero-order chi connectivity index (χ0) is 21.5. The van der Waals surface area contributed by atoms with E-state index in [1.54, 1.807) is 0 Å². The average Bonchev–Trinajstić information content (AvgIpc) is 3.42. The smallest absolute Gasteiger partial charge is 0.387 e. The predicted octanol–water partition coefficient (Wildman–Crippen LogP) is -0.169. The number of azide groups is 1. The second kappa shape index (κ2) is 7.62. The van der Waals surface area contributed by atoms with Crippen molar-refractivity contribution in [2.75, 3.05) is 12.3 Å². The molecule has 0 amide bonds. The van der Waals surface area contributed by atoms with Crippen LogP contribution in [0.1, 0.15) is 6.23 Å². The average molecular weight is 438 g/mol. The lowest BCUT2D eigenvalue weighted by molar-refractivity contribution is -0.0478. The molecular weight excluding hydrogens is 423 g/mol. The molecule has 5 atom stereocenters. The van der Waals surface area contributed by atoms with E-state index in [0.29, 0.717) is 0 Å². The molecule has 1 aliphatic rings. The maximum atomic E-state index is 12.2. The molecule has 0 bridgehead atoms. The summed E-state index contributed by atoms with van der Waals surface area (Å²) in [4.78, 5) is 28.2. The summed E-state index contributed by atoms with van der Waals surface area (Å²) in [6.45, 7) is -0.540. The van der Waals surface area contributed by atoms with Gasteiger partial charge in [0.05, 0.1) is 6.61 Å². The van der Waals surface area contributed by atoms with Gasteiger partial charge in [-0.05, 0) is 10.6 Å². The summed E-state index contributed by atoms with van der Waals surface area (Å²) in [5, 5.41) is 24.3. The van der Waals surface area contributed by atoms with Crippen LogP contribution in [0.15, 0.2) is 30.2 Å². The second-order valence-electron chi connectivity index (χ2n) is 6.18. The summed E-state index contributed by atoms with van der Waals surface area (Å²) in [7, 11) is -4.28. The number of hydrogen-bond acceptors (Lipinski definition) is 11. The van der Waals surface area contributed by atoms with E-state index in [9.17, 15) is 19.7 Å². The van der Waals surface area contributed by atoms with Crippen LogP contribution in [0.2, 0.25) is 0 Å². The molecule has 1 saturated heterocycles. The maximum absolute atomic E-state index is 12.2. The fourth-order valence-corrected chi connectivity index (χ4v) is 3.87. The Hall–Kier alpha value is -3.10. The van der Waals surface area contributed by atoms with Crippen LogP contribution >= 0.6 is 7.75 Å². The first-order chi connectivity index (χ1) is 14.3. The van der Waals surface area contributed by atoms with Crippen LogP contribution in [0.25, 0.3) is 21.6 Å². The Morgan fingerprint density at radius 3 is 2.90 bits per heavy atom. The zero-order valence-corrected chi connectivity index (χ0v) is 15.8. The first-order valence-electron chi connectivity index (χ1n) is 8.34. The first kappa shape index (κ1) is 20.2. The van der Waals surface area contributed by atoms with E-state index in [2.05, 4.69) is 30.0 Å². The van der Waals surface area contributed by atoms with Gasteiger partial charge >= 0.3 is 7.75 Å². The van der Waals surface area contributed by atoms with Crippen LogP contribution in [0.4, 0.5) is 11.8 Å². The van der Waals surface area contributed by atoms with Crippen LogP contribution in [0, 0.1) is 0 Å². The molecule has 0 aromatic carbocycles. The highest BCUT2D eigenvalue weighted by Gasteiger charge is 2.46. The largest absolute Gasteiger partial charge is 0.437 e. The van der Waals surface area contributed by atoms with Gasteiger partial charge in [-0.1, -0.05) is 0 Å². The number of nitrogens with two attached hydrogens (primary N) is 1. The van der Waals surface area contributed by atoms with Gasteiger partial charge in [0.25, 0.3) is 0 Å². The van der Waals surface area contributed by atoms with Gasteiger partial charge in [0.1, 0.15) is 31.0 Å². The number of fused-ring (bicyclic) bond motifs is 1. The maximum Gasteiger partial charge on any atom is 0.437 e. The van der Waals surface area contributed by atoms with Gasteiger partial charge in [-0.3, -0.25) is 9.09 Å². The fourth-order valence-electron chi connectivity index (χ4n) is 2.98. The minimum atomic E-state index is -4.28. The molecule has 4 rings (SSSR count). The zero-order valence-electron chi connectivity index (χ0n) is 14.9. The van der Waals surface area contributed by atoms with E-state index >= 15 is 0 Å². The molecule has 17 heteroatoms. The molecule has 0 spiro atoms. The van der Waals surface area contributed by atoms with Crippen LogP contribution in [0.3, 0.4) is 0 Å². The normalized spacial score (nSPS) is 25.8. The third-order valence-corrected chi connectivity index (χ3v) is 5.71. The highest BCUT2D eigenvalue weighted by atomic mass is 31.2. The molecule has 0 aliphatic carbocycles. The van der Waals surface area contributed by atoms with Crippen molar-refractivity contribution in [2.45, 2.75) is 24.5 Å². The van der Waals surface area contributed by atoms with Crippen molar-refractivity contribution in [3.8, 4) is 0 Å². The first-order valence-corrected chi connectivity index (χ1v) is 9.87. The molecule has 1 unspecified atom stereocenters. The number of anilines is 1. The summed E-state index contributed by atoms with van der Waals surface area (Å²) in [5.41, 5.74) is 14.8. The van der Waals surface area contributed by atoms with E-state index < -0.39 is 38.9 Å². The Morgan fingerprint density at radius 1 is 1.40 bits per heavy atom. The van der Waals surface area contributed by atoms with E-state index in [-0.39, 0.29) is 22.9 Å². The molecule has 3 aromatic heterocycles. The lowest BCUT2D eigenvalue weighted by atomic mass is 10.1. The Labute approximate surface area is 166 Å². The highest BCUT2D eigenvalue weighted by Crippen LogP contribution is 2.44. The van der Waals surface area contributed by atoms with Gasteiger partial charge in [0.2, 0.25) is 5.95 Å². The minimum Gasteiger partial charge on any atom is -0.387 e. The molecule has 5 N–H and O–H groups in total. The van der Waals surface area contributed by atoms with Crippen LogP contribution in [-0.4, -0.2) is 68.9 Å². The molecule has 3 aromatic rings. The van der Waals surface area contributed by atoms with Gasteiger partial charge < -0.3 is 25.6 Å². The molecule has 1 aliphatic heterocycles. The van der Waals surface area contributed by atoms with Crippen LogP contribution in [0.5, 0.6) is 0 Å². The summed E-state index contributed by atoms with van der Waals surface area (Å²) >= 11 is 0. The Balaban J connectivity index is 1.62. The quantitative estimate of drug-likeness (QED) is 0.171. The van der Waals surface area contributed by atoms with E-state index in [1.165, 1.54) is 12.4 Å². The topological polar surface area (TPSA) is 232 Å². The lowest BCUT2D eigenvalue weighted by Crippen LogP contribution is -2.33. The molecule has 30 heavy (non-hydrogen) atoms. The molecule has 0 saturated carbocycles. The van der Waals surface area contributed by atoms with Crippen LogP contribution < -0.4 is 5.73 Å². The van der Waals surface area contributed by atoms with Crippen molar-refractivity contribution in [2.24, 2.45) is 5.11 Å². The van der Waals surface area contributed by atoms with Gasteiger partial charge in [-0.15, -0.1) is 0 Å². The molecule has 158 valence electrons. The lowest BCUT2D eigenvalue weighted by Gasteiger charge is -2.18. The fraction of sp³-hybridized carbons (Fsp3) is 0.385. The predicted molar refractivity (Wildman–Crippen MR) is 97.9 cm³/mol. The van der Waals surface area contributed by atoms with Crippen LogP contribution in [-0.2, 0) is 13.8 Å². The third kappa shape index (κ3) is 3.38. The third-order valence-electron chi connectivity index (χ3n) is 4.40. The molecular formula is C13H15N10O6P. The summed E-state index contributed by atoms with van der Waals surface area (Å²) in [6.07, 6.45) is -0.789. The van der Waals surface area contributed by atoms with Crippen molar-refractivity contribution in [1.29, 1.82) is 0 Å². The summed E-state index contributed by atoms with van der Waals surface area (Å²) in [5.74, 6) is -0.230. The van der Waals surface area contributed by atoms with Crippen molar-refractivity contribution in [1.82, 2.24) is 28.8 Å². The number of aliphatic hydroxyl groups excluding tert-OH is 2. The molecule has 1 fully saturated rings. The van der Waals surface area contributed by atoms with Crippen molar-refractivity contribution in [3.05, 3.63) is 35.5 Å². The number of hydrogen-bond donors (Lipinski definition) is 4. The van der Waals surface area contributed by atoms with Gasteiger partial charge in [-0.2, -0.15) is 0 Å². The van der Waals surface area contributed by atoms with E-state index in [0.717, 1.165) is 21.6 Å². The number of nitrogens with zero attached hydrogens (tertiary/aromatic N) is 9. The van der Waals surface area contributed by atoms with E-state index in [4.69, 9.17) is 20.5 Å². The Morgan fingerprint density at radius 2 is 2.20 bits per heavy atom. The van der Waals surface area contributed by atoms with Crippen molar-refractivity contribution < 1.29 is 28.9 Å². The Bertz CT molecular complexity index is 1160. The number of ether oxygens (including phenoxy) is 1. The van der Waals surface area contributed by atoms with Crippen molar-refractivity contribution >= 4 is 30.7 Å². The molecule has 16 nitrogen and oxygen atoms in total. The van der Waals surface area contributed by atoms with E-state index in [1.807, 2.05) is 0 Å². The van der Waals surface area contributed by atoms with Crippen molar-refractivity contribution in [3.63, 3.8) is 0 Å². The molecule has 4 heterocycles. The van der Waals surface area contributed by atoms with Gasteiger partial charge in [0, 0.05) is 17.3 Å². The number of nitrogen functional groups attached to an aromatic ring is 1. The standard InChI is InChI=1S/C13H15N10O6P/c14-10-7-11(18-4-17-10)23(13(19-7)20-21-15)12-9(25)8(24)6(29-12)3-28-30(26,27)22-2-1-16-5-22/h1-2,4-6,8-9,12,24-25H,3H2,(H,26,27)(H2,14,17,18)/t6-,8-,9-,12-/m1/s1. The molecule has 0 radical (unpaired) electrons. The number of aliphatic hydroxyl groups is 2. The van der Waals surface area contributed by atoms with Gasteiger partial charge in [-0.25, -0.2) is 28.8 Å². The summed E-state index contributed by atoms with van der Waals surface area (Å²) in [6, 6.07) is 0. The SMILES string of the molecule is [N-]=[N+]=Nc1nc2c(N)ncnc2n1[C@@H]1O[C@H](COP(=O)(O)n2ccnc2)[C@@H](O)[C@H]1O. The van der Waals surface area contributed by atoms with Gasteiger partial charge in [0.15, 0.2) is 23.2 Å². The number of imidazole rings is 2. The second-order valence-corrected chi connectivity index (χ2v) is 7.88.